The van der Waals surface area contributed by atoms with Crippen molar-refractivity contribution in [1.29, 1.82) is 0 Å². The van der Waals surface area contributed by atoms with E-state index in [9.17, 15) is 9.59 Å². The minimum absolute atomic E-state index is 0.0486. The molecule has 0 radical (unpaired) electrons. The van der Waals surface area contributed by atoms with E-state index in [-0.39, 0.29) is 11.8 Å². The Hall–Kier alpha value is -2.21. The zero-order valence-electron chi connectivity index (χ0n) is 12.5. The molecule has 1 aromatic heterocycles. The molecule has 0 saturated heterocycles. The van der Waals surface area contributed by atoms with Crippen LogP contribution in [0, 0.1) is 13.8 Å². The zero-order valence-corrected chi connectivity index (χ0v) is 13.3. The fourth-order valence-corrected chi connectivity index (χ4v) is 3.25. The second-order valence-corrected chi connectivity index (χ2v) is 6.63. The smallest absolute Gasteiger partial charge is 0.230 e. The number of carbonyl (C=O) groups excluding carboxylic acids is 2. The maximum atomic E-state index is 12.1. The van der Waals surface area contributed by atoms with Crippen LogP contribution in [0.2, 0.25) is 0 Å². The van der Waals surface area contributed by atoms with Crippen molar-refractivity contribution < 1.29 is 9.59 Å². The van der Waals surface area contributed by atoms with Crippen LogP contribution in [0.25, 0.3) is 0 Å². The second-order valence-electron chi connectivity index (χ2n) is 5.43. The van der Waals surface area contributed by atoms with Crippen molar-refractivity contribution in [3.05, 3.63) is 39.9 Å². The highest BCUT2D eigenvalue weighted by Gasteiger charge is 2.16. The third-order valence-corrected chi connectivity index (χ3v) is 4.69. The van der Waals surface area contributed by atoms with Gasteiger partial charge in [-0.3, -0.25) is 9.59 Å². The highest BCUT2D eigenvalue weighted by atomic mass is 32.1. The maximum Gasteiger partial charge on any atom is 0.230 e. The van der Waals surface area contributed by atoms with Crippen molar-refractivity contribution in [1.82, 2.24) is 4.98 Å². The molecule has 2 heterocycles. The molecule has 1 aliphatic rings. The Morgan fingerprint density at radius 1 is 1.36 bits per heavy atom. The van der Waals surface area contributed by atoms with Gasteiger partial charge in [-0.25, -0.2) is 4.98 Å². The number of hydrogen-bond acceptors (Lipinski definition) is 4. The second kappa shape index (κ2) is 5.88. The van der Waals surface area contributed by atoms with Gasteiger partial charge in [-0.15, -0.1) is 11.3 Å². The molecule has 2 N–H and O–H groups in total. The summed E-state index contributed by atoms with van der Waals surface area (Å²) >= 11 is 1.49. The Bertz CT molecular complexity index is 732. The first-order valence-electron chi connectivity index (χ1n) is 7.17. The van der Waals surface area contributed by atoms with Crippen LogP contribution in [-0.4, -0.2) is 16.8 Å². The lowest BCUT2D eigenvalue weighted by atomic mass is 9.99. The molecule has 0 atom stereocenters. The first kappa shape index (κ1) is 14.7. The summed E-state index contributed by atoms with van der Waals surface area (Å²) in [6.45, 7) is 3.92. The van der Waals surface area contributed by atoms with E-state index in [4.69, 9.17) is 0 Å². The molecular weight excluding hydrogens is 298 g/mol. The number of anilines is 2. The highest BCUT2D eigenvalue weighted by Crippen LogP contribution is 2.24. The van der Waals surface area contributed by atoms with Gasteiger partial charge in [0, 0.05) is 17.0 Å². The first-order chi connectivity index (χ1) is 10.5. The summed E-state index contributed by atoms with van der Waals surface area (Å²) < 4.78 is 0. The summed E-state index contributed by atoms with van der Waals surface area (Å²) in [5.41, 5.74) is 3.83. The van der Waals surface area contributed by atoms with Crippen molar-refractivity contribution in [2.75, 3.05) is 10.6 Å². The van der Waals surface area contributed by atoms with E-state index in [1.807, 2.05) is 32.0 Å². The number of rotatable bonds is 3. The molecule has 0 unspecified atom stereocenters. The number of thiazole rings is 1. The van der Waals surface area contributed by atoms with Crippen LogP contribution in [0.1, 0.15) is 28.1 Å². The topological polar surface area (TPSA) is 71.1 Å². The van der Waals surface area contributed by atoms with Crippen LogP contribution in [0.3, 0.4) is 0 Å². The lowest BCUT2D eigenvalue weighted by Gasteiger charge is -2.17. The minimum Gasteiger partial charge on any atom is -0.326 e. The zero-order chi connectivity index (χ0) is 15.7. The quantitative estimate of drug-likeness (QED) is 0.915. The number of nitrogens with one attached hydrogen (secondary N) is 2. The molecule has 0 aliphatic carbocycles. The Balaban J connectivity index is 1.68. The molecular formula is C16H17N3O2S. The Labute approximate surface area is 132 Å². The van der Waals surface area contributed by atoms with Crippen LogP contribution >= 0.6 is 11.3 Å². The number of aromatic nitrogens is 1. The fraction of sp³-hybridized carbons (Fsp3) is 0.312. The van der Waals surface area contributed by atoms with Crippen LogP contribution < -0.4 is 10.6 Å². The summed E-state index contributed by atoms with van der Waals surface area (Å²) in [7, 11) is 0. The molecule has 1 aromatic carbocycles. The average Bonchev–Trinajstić information content (AvgIpc) is 2.77. The number of carbonyl (C=O) groups is 2. The van der Waals surface area contributed by atoms with Gasteiger partial charge in [0.05, 0.1) is 12.1 Å². The number of aryl methyl sites for hydroxylation is 3. The summed E-state index contributed by atoms with van der Waals surface area (Å²) in [6.07, 6.45) is 1.53. The molecule has 5 nitrogen and oxygen atoms in total. The molecule has 0 bridgehead atoms. The summed E-state index contributed by atoms with van der Waals surface area (Å²) in [5, 5.41) is 6.32. The van der Waals surface area contributed by atoms with Crippen molar-refractivity contribution in [2.45, 2.75) is 33.1 Å². The lowest BCUT2D eigenvalue weighted by molar-refractivity contribution is -0.117. The van der Waals surface area contributed by atoms with E-state index in [0.717, 1.165) is 33.8 Å². The van der Waals surface area contributed by atoms with Crippen molar-refractivity contribution in [3.63, 3.8) is 0 Å². The van der Waals surface area contributed by atoms with Crippen molar-refractivity contribution >= 4 is 34.0 Å². The molecule has 0 spiro atoms. The third-order valence-electron chi connectivity index (χ3n) is 3.70. The van der Waals surface area contributed by atoms with E-state index < -0.39 is 0 Å². The highest BCUT2D eigenvalue weighted by molar-refractivity contribution is 7.15. The van der Waals surface area contributed by atoms with Gasteiger partial charge in [0.25, 0.3) is 0 Å². The molecule has 3 rings (SSSR count). The minimum atomic E-state index is -0.0754. The van der Waals surface area contributed by atoms with E-state index >= 15 is 0 Å². The van der Waals surface area contributed by atoms with Crippen LogP contribution in [-0.2, 0) is 22.4 Å². The van der Waals surface area contributed by atoms with Crippen molar-refractivity contribution in [3.8, 4) is 0 Å². The summed E-state index contributed by atoms with van der Waals surface area (Å²) in [5.74, 6) is -0.0268. The number of amides is 2. The fourth-order valence-electron chi connectivity index (χ4n) is 2.42. The standard InChI is InChI=1S/C16H17N3O2S/c1-9-10(2)22-16(17-9)19-15(21)8-11-3-5-13-12(7-11)4-6-14(20)18-13/h3,5,7H,4,6,8H2,1-2H3,(H,18,20)(H,17,19,21). The molecule has 22 heavy (non-hydrogen) atoms. The SMILES string of the molecule is Cc1nc(NC(=O)Cc2ccc3c(c2)CCC(=O)N3)sc1C. The van der Waals surface area contributed by atoms with Crippen LogP contribution in [0.5, 0.6) is 0 Å². The lowest BCUT2D eigenvalue weighted by Crippen LogP contribution is -2.19. The van der Waals surface area contributed by atoms with Gasteiger partial charge in [-0.2, -0.15) is 0 Å². The molecule has 114 valence electrons. The van der Waals surface area contributed by atoms with Gasteiger partial charge in [0.2, 0.25) is 11.8 Å². The number of hydrogen-bond donors (Lipinski definition) is 2. The average molecular weight is 315 g/mol. The molecule has 0 fully saturated rings. The van der Waals surface area contributed by atoms with Gasteiger partial charge < -0.3 is 10.6 Å². The van der Waals surface area contributed by atoms with E-state index in [0.29, 0.717) is 18.0 Å². The summed E-state index contributed by atoms with van der Waals surface area (Å²) in [4.78, 5) is 28.9. The number of fused-ring (bicyclic) bond motifs is 1. The predicted octanol–water partition coefficient (Wildman–Crippen LogP) is 2.83. The first-order valence-corrected chi connectivity index (χ1v) is 7.98. The van der Waals surface area contributed by atoms with Gasteiger partial charge in [0.15, 0.2) is 5.13 Å². The van der Waals surface area contributed by atoms with Crippen molar-refractivity contribution in [2.24, 2.45) is 0 Å². The van der Waals surface area contributed by atoms with Crippen LogP contribution in [0.4, 0.5) is 10.8 Å². The Kier molecular flexibility index (Phi) is 3.94. The molecule has 0 saturated carbocycles. The molecule has 2 amide bonds. The molecule has 2 aromatic rings. The molecule has 6 heteroatoms. The van der Waals surface area contributed by atoms with Gasteiger partial charge >= 0.3 is 0 Å². The van der Waals surface area contributed by atoms with E-state index in [2.05, 4.69) is 15.6 Å². The third kappa shape index (κ3) is 3.17. The van der Waals surface area contributed by atoms with E-state index in [1.54, 1.807) is 0 Å². The maximum absolute atomic E-state index is 12.1. The van der Waals surface area contributed by atoms with E-state index in [1.165, 1.54) is 11.3 Å². The van der Waals surface area contributed by atoms with Gasteiger partial charge in [-0.1, -0.05) is 12.1 Å². The normalized spacial score (nSPS) is 13.5. The molecule has 1 aliphatic heterocycles. The van der Waals surface area contributed by atoms with Gasteiger partial charge in [0.1, 0.15) is 0 Å². The largest absolute Gasteiger partial charge is 0.326 e. The Morgan fingerprint density at radius 3 is 2.91 bits per heavy atom. The Morgan fingerprint density at radius 2 is 2.18 bits per heavy atom. The number of benzene rings is 1. The summed E-state index contributed by atoms with van der Waals surface area (Å²) in [6, 6.07) is 5.74. The monoisotopic (exact) mass is 315 g/mol. The van der Waals surface area contributed by atoms with Crippen LogP contribution in [0.15, 0.2) is 18.2 Å². The number of nitrogens with zero attached hydrogens (tertiary/aromatic N) is 1. The van der Waals surface area contributed by atoms with Gasteiger partial charge in [-0.05, 0) is 37.5 Å². The predicted molar refractivity (Wildman–Crippen MR) is 87.3 cm³/mol.